The average molecular weight is 374 g/mol. The van der Waals surface area contributed by atoms with E-state index in [4.69, 9.17) is 5.73 Å². The molecular formula is C20H24ClN3O2. The van der Waals surface area contributed by atoms with Crippen molar-refractivity contribution in [3.63, 3.8) is 0 Å². The Balaban J connectivity index is 0.00000243. The van der Waals surface area contributed by atoms with Gasteiger partial charge in [0.05, 0.1) is 0 Å². The summed E-state index contributed by atoms with van der Waals surface area (Å²) < 4.78 is 0. The first-order valence-electron chi connectivity index (χ1n) is 8.61. The van der Waals surface area contributed by atoms with Crippen molar-refractivity contribution < 1.29 is 9.59 Å². The molecule has 1 heterocycles. The Morgan fingerprint density at radius 2 is 1.62 bits per heavy atom. The van der Waals surface area contributed by atoms with Gasteiger partial charge in [0, 0.05) is 36.8 Å². The number of rotatable bonds is 4. The van der Waals surface area contributed by atoms with Crippen molar-refractivity contribution in [3.8, 4) is 0 Å². The fourth-order valence-corrected chi connectivity index (χ4v) is 3.08. The van der Waals surface area contributed by atoms with Gasteiger partial charge in [0.15, 0.2) is 0 Å². The summed E-state index contributed by atoms with van der Waals surface area (Å²) in [6.07, 6.45) is 1.37. The second-order valence-corrected chi connectivity index (χ2v) is 6.32. The SMILES string of the molecule is Cl.NCc1ccc(C(=O)N2CCC(C(=O)Nc3ccccc3)CC2)cc1. The van der Waals surface area contributed by atoms with Crippen LogP contribution in [0.3, 0.4) is 0 Å². The van der Waals surface area contributed by atoms with Crippen LogP contribution in [0.1, 0.15) is 28.8 Å². The van der Waals surface area contributed by atoms with Gasteiger partial charge in [-0.1, -0.05) is 30.3 Å². The third-order valence-electron chi connectivity index (χ3n) is 4.63. The van der Waals surface area contributed by atoms with E-state index in [1.54, 1.807) is 0 Å². The number of nitrogens with one attached hydrogen (secondary N) is 1. The second kappa shape index (κ2) is 9.36. The van der Waals surface area contributed by atoms with Crippen molar-refractivity contribution >= 4 is 29.9 Å². The molecule has 0 aliphatic carbocycles. The summed E-state index contributed by atoms with van der Waals surface area (Å²) in [6, 6.07) is 16.9. The number of para-hydroxylation sites is 1. The molecule has 1 aliphatic rings. The predicted molar refractivity (Wildman–Crippen MR) is 105 cm³/mol. The van der Waals surface area contributed by atoms with Crippen molar-refractivity contribution in [2.24, 2.45) is 11.7 Å². The number of benzene rings is 2. The highest BCUT2D eigenvalue weighted by Crippen LogP contribution is 2.21. The van der Waals surface area contributed by atoms with Crippen LogP contribution in [0.4, 0.5) is 5.69 Å². The number of nitrogens with zero attached hydrogens (tertiary/aromatic N) is 1. The summed E-state index contributed by atoms with van der Waals surface area (Å²) in [5.74, 6) is -0.0000380. The Hall–Kier alpha value is -2.37. The average Bonchev–Trinajstić information content (AvgIpc) is 2.68. The molecule has 138 valence electrons. The molecule has 1 aliphatic heterocycles. The van der Waals surface area contributed by atoms with Gasteiger partial charge in [-0.25, -0.2) is 0 Å². The summed E-state index contributed by atoms with van der Waals surface area (Å²) in [6.45, 7) is 1.67. The maximum Gasteiger partial charge on any atom is 0.253 e. The summed E-state index contributed by atoms with van der Waals surface area (Å²) in [5, 5.41) is 2.95. The highest BCUT2D eigenvalue weighted by atomic mass is 35.5. The zero-order valence-electron chi connectivity index (χ0n) is 14.6. The fourth-order valence-electron chi connectivity index (χ4n) is 3.08. The van der Waals surface area contributed by atoms with Gasteiger partial charge in [0.25, 0.3) is 5.91 Å². The quantitative estimate of drug-likeness (QED) is 0.864. The number of hydrogen-bond donors (Lipinski definition) is 2. The third-order valence-corrected chi connectivity index (χ3v) is 4.63. The number of halogens is 1. The predicted octanol–water partition coefficient (Wildman–Crippen LogP) is 3.06. The molecule has 6 heteroatoms. The lowest BCUT2D eigenvalue weighted by atomic mass is 9.95. The normalized spacial score (nSPS) is 14.4. The molecule has 1 fully saturated rings. The molecule has 0 aromatic heterocycles. The van der Waals surface area contributed by atoms with E-state index in [1.165, 1.54) is 0 Å². The standard InChI is InChI=1S/C20H23N3O2.ClH/c21-14-15-6-8-17(9-7-15)20(25)23-12-10-16(11-13-23)19(24)22-18-4-2-1-3-5-18;/h1-9,16H,10-14,21H2,(H,22,24);1H. The first-order chi connectivity index (χ1) is 12.2. The topological polar surface area (TPSA) is 75.4 Å². The van der Waals surface area contributed by atoms with E-state index in [0.717, 1.165) is 11.3 Å². The number of nitrogens with two attached hydrogens (primary N) is 1. The lowest BCUT2D eigenvalue weighted by Crippen LogP contribution is -2.41. The van der Waals surface area contributed by atoms with Gasteiger partial charge in [-0.2, -0.15) is 0 Å². The minimum absolute atomic E-state index is 0. The van der Waals surface area contributed by atoms with Gasteiger partial charge in [-0.05, 0) is 42.7 Å². The molecule has 2 amide bonds. The van der Waals surface area contributed by atoms with Crippen molar-refractivity contribution in [3.05, 3.63) is 65.7 Å². The number of amides is 2. The molecule has 5 nitrogen and oxygen atoms in total. The maximum atomic E-state index is 12.6. The Bertz CT molecular complexity index is 726. The number of likely N-dealkylation sites (tertiary alicyclic amines) is 1. The van der Waals surface area contributed by atoms with Crippen LogP contribution >= 0.6 is 12.4 Å². The minimum atomic E-state index is -0.0520. The molecular weight excluding hydrogens is 350 g/mol. The Labute approximate surface area is 160 Å². The van der Waals surface area contributed by atoms with Crippen LogP contribution < -0.4 is 11.1 Å². The second-order valence-electron chi connectivity index (χ2n) is 6.32. The van der Waals surface area contributed by atoms with Crippen LogP contribution in [-0.2, 0) is 11.3 Å². The molecule has 1 saturated heterocycles. The summed E-state index contributed by atoms with van der Waals surface area (Å²) in [4.78, 5) is 26.7. The summed E-state index contributed by atoms with van der Waals surface area (Å²) >= 11 is 0. The minimum Gasteiger partial charge on any atom is -0.339 e. The van der Waals surface area contributed by atoms with Crippen molar-refractivity contribution in [1.82, 2.24) is 4.90 Å². The van der Waals surface area contributed by atoms with Crippen LogP contribution in [0.25, 0.3) is 0 Å². The zero-order chi connectivity index (χ0) is 17.6. The first kappa shape index (κ1) is 19.9. The Morgan fingerprint density at radius 1 is 1.00 bits per heavy atom. The Morgan fingerprint density at radius 3 is 2.19 bits per heavy atom. The number of hydrogen-bond acceptors (Lipinski definition) is 3. The highest BCUT2D eigenvalue weighted by Gasteiger charge is 2.27. The van der Waals surface area contributed by atoms with E-state index in [9.17, 15) is 9.59 Å². The van der Waals surface area contributed by atoms with E-state index in [2.05, 4.69) is 5.32 Å². The molecule has 2 aromatic carbocycles. The number of piperidine rings is 1. The van der Waals surface area contributed by atoms with Crippen LogP contribution in [0.15, 0.2) is 54.6 Å². The fraction of sp³-hybridized carbons (Fsp3) is 0.300. The van der Waals surface area contributed by atoms with Gasteiger partial charge >= 0.3 is 0 Å². The molecule has 0 unspecified atom stereocenters. The smallest absolute Gasteiger partial charge is 0.253 e. The monoisotopic (exact) mass is 373 g/mol. The molecule has 3 N–H and O–H groups in total. The molecule has 3 rings (SSSR count). The van der Waals surface area contributed by atoms with E-state index in [-0.39, 0.29) is 30.1 Å². The first-order valence-corrected chi connectivity index (χ1v) is 8.61. The molecule has 0 atom stereocenters. The lowest BCUT2D eigenvalue weighted by Gasteiger charge is -2.31. The van der Waals surface area contributed by atoms with Crippen LogP contribution in [0.5, 0.6) is 0 Å². The molecule has 0 bridgehead atoms. The van der Waals surface area contributed by atoms with Gasteiger partial charge in [0.1, 0.15) is 0 Å². The summed E-state index contributed by atoms with van der Waals surface area (Å²) in [5.41, 5.74) is 8.07. The van der Waals surface area contributed by atoms with E-state index in [1.807, 2.05) is 59.5 Å². The van der Waals surface area contributed by atoms with Gasteiger partial charge in [-0.15, -0.1) is 12.4 Å². The van der Waals surface area contributed by atoms with E-state index >= 15 is 0 Å². The van der Waals surface area contributed by atoms with E-state index < -0.39 is 0 Å². The molecule has 26 heavy (non-hydrogen) atoms. The van der Waals surface area contributed by atoms with E-state index in [0.29, 0.717) is 38.0 Å². The lowest BCUT2D eigenvalue weighted by molar-refractivity contribution is -0.121. The Kier molecular flexibility index (Phi) is 7.18. The summed E-state index contributed by atoms with van der Waals surface area (Å²) in [7, 11) is 0. The van der Waals surface area contributed by atoms with Crippen LogP contribution in [-0.4, -0.2) is 29.8 Å². The zero-order valence-corrected chi connectivity index (χ0v) is 15.4. The molecule has 0 radical (unpaired) electrons. The van der Waals surface area contributed by atoms with Crippen LogP contribution in [0.2, 0.25) is 0 Å². The van der Waals surface area contributed by atoms with Crippen molar-refractivity contribution in [1.29, 1.82) is 0 Å². The third kappa shape index (κ3) is 4.84. The molecule has 0 saturated carbocycles. The number of carbonyl (C=O) groups excluding carboxylic acids is 2. The van der Waals surface area contributed by atoms with Gasteiger partial charge in [0.2, 0.25) is 5.91 Å². The molecule has 0 spiro atoms. The van der Waals surface area contributed by atoms with Crippen LogP contribution in [0, 0.1) is 5.92 Å². The van der Waals surface area contributed by atoms with Crippen molar-refractivity contribution in [2.45, 2.75) is 19.4 Å². The highest BCUT2D eigenvalue weighted by molar-refractivity contribution is 5.95. The van der Waals surface area contributed by atoms with Crippen molar-refractivity contribution in [2.75, 3.05) is 18.4 Å². The molecule has 2 aromatic rings. The maximum absolute atomic E-state index is 12.6. The number of anilines is 1. The van der Waals surface area contributed by atoms with Gasteiger partial charge < -0.3 is 16.0 Å². The van der Waals surface area contributed by atoms with Gasteiger partial charge in [-0.3, -0.25) is 9.59 Å². The largest absolute Gasteiger partial charge is 0.339 e. The number of carbonyl (C=O) groups is 2.